The van der Waals surface area contributed by atoms with Gasteiger partial charge < -0.3 is 15.2 Å². The monoisotopic (exact) mass is 439 g/mol. The van der Waals surface area contributed by atoms with E-state index in [1.165, 1.54) is 25.1 Å². The van der Waals surface area contributed by atoms with Crippen molar-refractivity contribution in [3.05, 3.63) is 59.4 Å². The number of hydrogen-bond acceptors (Lipinski definition) is 6. The minimum Gasteiger partial charge on any atom is -0.497 e. The van der Waals surface area contributed by atoms with Gasteiger partial charge in [0.15, 0.2) is 0 Å². The van der Waals surface area contributed by atoms with Crippen LogP contribution in [0.4, 0.5) is 10.1 Å². The Morgan fingerprint density at radius 1 is 1.16 bits per heavy atom. The number of nitrogens with one attached hydrogen (secondary N) is 2. The number of methoxy groups -OCH3 is 1. The van der Waals surface area contributed by atoms with Crippen LogP contribution in [-0.2, 0) is 26.5 Å². The third kappa shape index (κ3) is 2.71. The predicted octanol–water partition coefficient (Wildman–Crippen LogP) is 1.14. The molecule has 3 N–H and O–H groups in total. The number of carbonyl (C=O) groups excluding carboxylic acids is 3. The van der Waals surface area contributed by atoms with Crippen LogP contribution in [0.25, 0.3) is 0 Å². The van der Waals surface area contributed by atoms with E-state index in [2.05, 4.69) is 10.6 Å². The zero-order valence-electron chi connectivity index (χ0n) is 17.5. The number of hydrogen-bond donors (Lipinski definition) is 3. The molecule has 0 saturated carbocycles. The first kappa shape index (κ1) is 20.6. The van der Waals surface area contributed by atoms with Crippen LogP contribution < -0.4 is 15.4 Å². The first-order chi connectivity index (χ1) is 15.3. The highest BCUT2D eigenvalue weighted by Gasteiger charge is 2.71. The number of amides is 3. The lowest BCUT2D eigenvalue weighted by molar-refractivity contribution is -0.143. The van der Waals surface area contributed by atoms with Gasteiger partial charge in [-0.15, -0.1) is 0 Å². The Morgan fingerprint density at radius 2 is 1.88 bits per heavy atom. The zero-order valence-corrected chi connectivity index (χ0v) is 17.5. The van der Waals surface area contributed by atoms with E-state index in [4.69, 9.17) is 4.74 Å². The molecule has 3 aliphatic heterocycles. The lowest BCUT2D eigenvalue weighted by Gasteiger charge is -2.30. The van der Waals surface area contributed by atoms with Gasteiger partial charge in [-0.2, -0.15) is 0 Å². The van der Waals surface area contributed by atoms with Gasteiger partial charge in [-0.05, 0) is 42.8 Å². The van der Waals surface area contributed by atoms with Crippen LogP contribution in [0.1, 0.15) is 18.1 Å². The minimum absolute atomic E-state index is 0.0227. The molecule has 8 nitrogen and oxygen atoms in total. The van der Waals surface area contributed by atoms with E-state index in [0.717, 1.165) is 4.90 Å². The maximum atomic E-state index is 14.1. The van der Waals surface area contributed by atoms with Crippen LogP contribution in [0.15, 0.2) is 42.5 Å². The molecule has 32 heavy (non-hydrogen) atoms. The van der Waals surface area contributed by atoms with E-state index in [0.29, 0.717) is 17.0 Å². The highest BCUT2D eigenvalue weighted by atomic mass is 19.1. The molecule has 1 spiro atoms. The molecule has 0 radical (unpaired) electrons. The summed E-state index contributed by atoms with van der Waals surface area (Å²) in [7, 11) is 1.54. The van der Waals surface area contributed by atoms with Crippen molar-refractivity contribution in [3.8, 4) is 5.75 Å². The van der Waals surface area contributed by atoms with E-state index in [1.54, 1.807) is 31.4 Å². The second-order valence-electron chi connectivity index (χ2n) is 8.48. The normalized spacial score (nSPS) is 29.3. The second kappa shape index (κ2) is 7.11. The number of imide groups is 1. The van der Waals surface area contributed by atoms with E-state index < -0.39 is 53.1 Å². The Balaban J connectivity index is 1.58. The number of aliphatic hydroxyl groups excluding tert-OH is 1. The van der Waals surface area contributed by atoms with Crippen molar-refractivity contribution in [2.24, 2.45) is 11.8 Å². The Kier molecular flexibility index (Phi) is 4.58. The average Bonchev–Trinajstić information content (AvgIpc) is 3.36. The highest BCUT2D eigenvalue weighted by Crippen LogP contribution is 2.53. The van der Waals surface area contributed by atoms with Crippen molar-refractivity contribution in [1.82, 2.24) is 10.2 Å². The molecule has 3 aliphatic rings. The number of halogens is 1. The lowest BCUT2D eigenvalue weighted by atomic mass is 9.76. The topological polar surface area (TPSA) is 108 Å². The number of nitrogens with zero attached hydrogens (tertiary/aromatic N) is 1. The molecule has 0 aromatic heterocycles. The zero-order chi connectivity index (χ0) is 22.8. The summed E-state index contributed by atoms with van der Waals surface area (Å²) in [5.74, 6) is -3.52. The maximum absolute atomic E-state index is 14.1. The van der Waals surface area contributed by atoms with Crippen LogP contribution in [-0.4, -0.2) is 47.0 Å². The quantitative estimate of drug-likeness (QED) is 0.617. The van der Waals surface area contributed by atoms with Gasteiger partial charge in [0.25, 0.3) is 0 Å². The third-order valence-corrected chi connectivity index (χ3v) is 6.72. The fourth-order valence-corrected chi connectivity index (χ4v) is 5.25. The molecule has 3 heterocycles. The van der Waals surface area contributed by atoms with Gasteiger partial charge in [0.1, 0.15) is 17.1 Å². The SMILES string of the molecule is COc1ccc(CN2C(=O)[C@H]3C(C(C)O)NC4(C(=O)Nc5ccc(F)cc54)[C@H]3C2=O)cc1. The van der Waals surface area contributed by atoms with Crippen molar-refractivity contribution in [2.45, 2.75) is 31.2 Å². The van der Waals surface area contributed by atoms with Crippen LogP contribution in [0.2, 0.25) is 0 Å². The number of carbonyl (C=O) groups is 3. The molecule has 3 unspecified atom stereocenters. The summed E-state index contributed by atoms with van der Waals surface area (Å²) in [6.45, 7) is 1.52. The molecule has 5 atom stereocenters. The second-order valence-corrected chi connectivity index (χ2v) is 8.48. The summed E-state index contributed by atoms with van der Waals surface area (Å²) < 4.78 is 19.3. The van der Waals surface area contributed by atoms with Gasteiger partial charge >= 0.3 is 0 Å². The number of aliphatic hydroxyl groups is 1. The molecule has 2 fully saturated rings. The van der Waals surface area contributed by atoms with Crippen molar-refractivity contribution >= 4 is 23.4 Å². The fourth-order valence-electron chi connectivity index (χ4n) is 5.25. The van der Waals surface area contributed by atoms with Gasteiger partial charge in [-0.3, -0.25) is 24.6 Å². The molecule has 0 aliphatic carbocycles. The first-order valence-electron chi connectivity index (χ1n) is 10.3. The molecular weight excluding hydrogens is 417 g/mol. The van der Waals surface area contributed by atoms with Crippen LogP contribution in [0.3, 0.4) is 0 Å². The van der Waals surface area contributed by atoms with Crippen LogP contribution >= 0.6 is 0 Å². The lowest BCUT2D eigenvalue weighted by Crippen LogP contribution is -2.54. The summed E-state index contributed by atoms with van der Waals surface area (Å²) in [5.41, 5.74) is -0.272. The molecule has 5 rings (SSSR count). The summed E-state index contributed by atoms with van der Waals surface area (Å²) in [6.07, 6.45) is -1.02. The molecule has 166 valence electrons. The van der Waals surface area contributed by atoms with Gasteiger partial charge in [0, 0.05) is 17.3 Å². The number of benzene rings is 2. The summed E-state index contributed by atoms with van der Waals surface area (Å²) >= 11 is 0. The standard InChI is InChI=1S/C23H22FN3O5/c1-11(28)19-17-18(23(26-19)15-9-13(24)5-8-16(15)25-22(23)31)21(30)27(20(17)29)10-12-3-6-14(32-2)7-4-12/h3-9,11,17-19,26,28H,10H2,1-2H3,(H,25,31)/t11?,17-,18-,19?,23?/m1/s1. The molecular formula is C23H22FN3O5. The summed E-state index contributed by atoms with van der Waals surface area (Å²) in [6, 6.07) is 9.96. The van der Waals surface area contributed by atoms with Gasteiger partial charge in [-0.25, -0.2) is 4.39 Å². The van der Waals surface area contributed by atoms with E-state index in [-0.39, 0.29) is 12.1 Å². The first-order valence-corrected chi connectivity index (χ1v) is 10.3. The predicted molar refractivity (Wildman–Crippen MR) is 111 cm³/mol. The Bertz CT molecular complexity index is 1130. The number of rotatable bonds is 4. The Morgan fingerprint density at radius 3 is 2.53 bits per heavy atom. The van der Waals surface area contributed by atoms with E-state index >= 15 is 0 Å². The molecule has 3 amide bonds. The van der Waals surface area contributed by atoms with E-state index in [9.17, 15) is 23.9 Å². The largest absolute Gasteiger partial charge is 0.497 e. The minimum atomic E-state index is -1.63. The summed E-state index contributed by atoms with van der Waals surface area (Å²) in [5, 5.41) is 16.1. The van der Waals surface area contributed by atoms with E-state index in [1.807, 2.05) is 0 Å². The number of likely N-dealkylation sites (tertiary alicyclic amines) is 1. The highest BCUT2D eigenvalue weighted by molar-refractivity contribution is 6.15. The van der Waals surface area contributed by atoms with Crippen LogP contribution in [0.5, 0.6) is 5.75 Å². The van der Waals surface area contributed by atoms with Crippen molar-refractivity contribution in [2.75, 3.05) is 12.4 Å². The fraction of sp³-hybridized carbons (Fsp3) is 0.348. The Hall–Kier alpha value is -3.30. The van der Waals surface area contributed by atoms with Crippen molar-refractivity contribution in [3.63, 3.8) is 0 Å². The number of fused-ring (bicyclic) bond motifs is 4. The third-order valence-electron chi connectivity index (χ3n) is 6.72. The van der Waals surface area contributed by atoms with Crippen LogP contribution in [0, 0.1) is 17.7 Å². The van der Waals surface area contributed by atoms with Gasteiger partial charge in [-0.1, -0.05) is 12.1 Å². The Labute approximate surface area is 183 Å². The molecule has 9 heteroatoms. The number of anilines is 1. The van der Waals surface area contributed by atoms with Crippen molar-refractivity contribution in [1.29, 1.82) is 0 Å². The number of ether oxygens (including phenoxy) is 1. The average molecular weight is 439 g/mol. The van der Waals surface area contributed by atoms with Crippen molar-refractivity contribution < 1.29 is 28.6 Å². The smallest absolute Gasteiger partial charge is 0.250 e. The molecule has 2 aromatic rings. The summed E-state index contributed by atoms with van der Waals surface area (Å²) in [4.78, 5) is 41.3. The maximum Gasteiger partial charge on any atom is 0.250 e. The molecule has 0 bridgehead atoms. The molecule has 2 aromatic carbocycles. The molecule has 2 saturated heterocycles. The van der Waals surface area contributed by atoms with Gasteiger partial charge in [0.2, 0.25) is 17.7 Å². The van der Waals surface area contributed by atoms with Gasteiger partial charge in [0.05, 0.1) is 31.6 Å².